The van der Waals surface area contributed by atoms with E-state index in [9.17, 15) is 14.0 Å². The van der Waals surface area contributed by atoms with Gasteiger partial charge in [0.2, 0.25) is 11.8 Å². The first-order valence-corrected chi connectivity index (χ1v) is 7.40. The molecule has 0 fully saturated rings. The van der Waals surface area contributed by atoms with Gasteiger partial charge in [-0.3, -0.25) is 9.59 Å². The minimum atomic E-state index is -0.561. The number of carbonyl (C=O) groups is 2. The van der Waals surface area contributed by atoms with Crippen molar-refractivity contribution in [2.75, 3.05) is 10.6 Å². The van der Waals surface area contributed by atoms with Crippen molar-refractivity contribution in [1.82, 2.24) is 0 Å². The minimum Gasteiger partial charge on any atom is -0.325 e. The molecule has 0 saturated carbocycles. The highest BCUT2D eigenvalue weighted by Gasteiger charge is 2.14. The number of anilines is 2. The van der Waals surface area contributed by atoms with Crippen molar-refractivity contribution in [3.8, 4) is 0 Å². The Labute approximate surface area is 134 Å². The van der Waals surface area contributed by atoms with Crippen LogP contribution < -0.4 is 10.6 Å². The van der Waals surface area contributed by atoms with Crippen LogP contribution in [-0.4, -0.2) is 11.8 Å². The van der Waals surface area contributed by atoms with E-state index in [1.165, 1.54) is 18.2 Å². The molecule has 0 aliphatic rings. The molecule has 0 radical (unpaired) electrons. The lowest BCUT2D eigenvalue weighted by Crippen LogP contribution is -2.22. The van der Waals surface area contributed by atoms with Crippen molar-refractivity contribution < 1.29 is 14.0 Å². The molecule has 2 aromatic carbocycles. The molecule has 120 valence electrons. The van der Waals surface area contributed by atoms with Crippen molar-refractivity contribution in [3.05, 3.63) is 59.9 Å². The summed E-state index contributed by atoms with van der Waals surface area (Å²) in [4.78, 5) is 23.9. The lowest BCUT2D eigenvalue weighted by Gasteiger charge is -2.13. The van der Waals surface area contributed by atoms with Crippen LogP contribution in [0.2, 0.25) is 0 Å². The van der Waals surface area contributed by atoms with E-state index < -0.39 is 17.6 Å². The van der Waals surface area contributed by atoms with Crippen LogP contribution in [0.5, 0.6) is 0 Å². The van der Waals surface area contributed by atoms with Gasteiger partial charge < -0.3 is 10.6 Å². The number of nitrogens with one attached hydrogen (secondary N) is 2. The first kappa shape index (κ1) is 16.7. The smallest absolute Gasteiger partial charge is 0.233 e. The van der Waals surface area contributed by atoms with Gasteiger partial charge in [0.25, 0.3) is 0 Å². The Bertz CT molecular complexity index is 714. The molecule has 0 atom stereocenters. The number of benzene rings is 2. The van der Waals surface area contributed by atoms with Crippen LogP contribution in [0, 0.1) is 5.82 Å². The SMILES string of the molecule is CC(C)c1ccccc1NC(=O)CC(=O)Nc1ccccc1F. The molecule has 2 N–H and O–H groups in total. The second kappa shape index (κ2) is 7.54. The Hall–Kier alpha value is -2.69. The third kappa shape index (κ3) is 4.64. The fourth-order valence-corrected chi connectivity index (χ4v) is 2.21. The van der Waals surface area contributed by atoms with E-state index in [1.54, 1.807) is 12.1 Å². The van der Waals surface area contributed by atoms with Gasteiger partial charge in [0.15, 0.2) is 0 Å². The van der Waals surface area contributed by atoms with Gasteiger partial charge in [-0.05, 0) is 29.7 Å². The molecule has 0 bridgehead atoms. The number of rotatable bonds is 5. The minimum absolute atomic E-state index is 0.0629. The van der Waals surface area contributed by atoms with E-state index in [0.29, 0.717) is 5.69 Å². The number of carbonyl (C=O) groups excluding carboxylic acids is 2. The summed E-state index contributed by atoms with van der Waals surface area (Å²) >= 11 is 0. The molecular formula is C18H19FN2O2. The molecule has 2 rings (SSSR count). The van der Waals surface area contributed by atoms with Crippen molar-refractivity contribution >= 4 is 23.2 Å². The number of amides is 2. The molecule has 0 aliphatic heterocycles. The van der Waals surface area contributed by atoms with Gasteiger partial charge in [0, 0.05) is 5.69 Å². The maximum atomic E-state index is 13.5. The number of hydrogen-bond donors (Lipinski definition) is 2. The lowest BCUT2D eigenvalue weighted by molar-refractivity contribution is -0.123. The lowest BCUT2D eigenvalue weighted by atomic mass is 10.0. The average Bonchev–Trinajstić information content (AvgIpc) is 2.49. The third-order valence-electron chi connectivity index (χ3n) is 3.33. The molecular weight excluding hydrogens is 295 g/mol. The number of para-hydroxylation sites is 2. The summed E-state index contributed by atoms with van der Waals surface area (Å²) in [5.74, 6) is -1.29. The van der Waals surface area contributed by atoms with Gasteiger partial charge in [0.1, 0.15) is 12.2 Å². The van der Waals surface area contributed by atoms with E-state index in [1.807, 2.05) is 32.0 Å². The molecule has 23 heavy (non-hydrogen) atoms. The van der Waals surface area contributed by atoms with E-state index in [2.05, 4.69) is 10.6 Å². The van der Waals surface area contributed by atoms with Gasteiger partial charge in [-0.1, -0.05) is 44.2 Å². The fraction of sp³-hybridized carbons (Fsp3) is 0.222. The summed E-state index contributed by atoms with van der Waals surface area (Å²) in [6, 6.07) is 13.3. The third-order valence-corrected chi connectivity index (χ3v) is 3.33. The molecule has 5 heteroatoms. The summed E-state index contributed by atoms with van der Waals surface area (Å²) < 4.78 is 13.5. The Morgan fingerprint density at radius 1 is 0.913 bits per heavy atom. The summed E-state index contributed by atoms with van der Waals surface area (Å²) in [6.07, 6.45) is -0.374. The van der Waals surface area contributed by atoms with Gasteiger partial charge in [-0.25, -0.2) is 4.39 Å². The van der Waals surface area contributed by atoms with Gasteiger partial charge >= 0.3 is 0 Å². The topological polar surface area (TPSA) is 58.2 Å². The van der Waals surface area contributed by atoms with Crippen LogP contribution in [0.4, 0.5) is 15.8 Å². The Morgan fingerprint density at radius 2 is 1.43 bits per heavy atom. The largest absolute Gasteiger partial charge is 0.325 e. The zero-order valence-corrected chi connectivity index (χ0v) is 13.1. The van der Waals surface area contributed by atoms with Crippen LogP contribution >= 0.6 is 0 Å². The van der Waals surface area contributed by atoms with E-state index >= 15 is 0 Å². The zero-order valence-electron chi connectivity index (χ0n) is 13.1. The van der Waals surface area contributed by atoms with Gasteiger partial charge in [-0.15, -0.1) is 0 Å². The van der Waals surface area contributed by atoms with Crippen molar-refractivity contribution in [2.24, 2.45) is 0 Å². The molecule has 4 nitrogen and oxygen atoms in total. The predicted molar refractivity (Wildman–Crippen MR) is 88.8 cm³/mol. The average molecular weight is 314 g/mol. The predicted octanol–water partition coefficient (Wildman–Crippen LogP) is 3.92. The number of hydrogen-bond acceptors (Lipinski definition) is 2. The highest BCUT2D eigenvalue weighted by atomic mass is 19.1. The Morgan fingerprint density at radius 3 is 2.04 bits per heavy atom. The van der Waals surface area contributed by atoms with E-state index in [4.69, 9.17) is 0 Å². The molecule has 0 aromatic heterocycles. The highest BCUT2D eigenvalue weighted by molar-refractivity contribution is 6.08. The Balaban J connectivity index is 1.97. The van der Waals surface area contributed by atoms with Gasteiger partial charge in [0.05, 0.1) is 5.69 Å². The molecule has 0 spiro atoms. The maximum absolute atomic E-state index is 13.5. The zero-order chi connectivity index (χ0) is 16.8. The molecule has 0 saturated heterocycles. The first-order valence-electron chi connectivity index (χ1n) is 7.40. The van der Waals surface area contributed by atoms with Crippen molar-refractivity contribution in [1.29, 1.82) is 0 Å². The second-order valence-electron chi connectivity index (χ2n) is 5.49. The Kier molecular flexibility index (Phi) is 5.46. The summed E-state index contributed by atoms with van der Waals surface area (Å²) in [5, 5.41) is 5.12. The van der Waals surface area contributed by atoms with Gasteiger partial charge in [-0.2, -0.15) is 0 Å². The van der Waals surface area contributed by atoms with E-state index in [-0.39, 0.29) is 18.0 Å². The second-order valence-corrected chi connectivity index (χ2v) is 5.49. The molecule has 0 unspecified atom stereocenters. The monoisotopic (exact) mass is 314 g/mol. The van der Waals surface area contributed by atoms with E-state index in [0.717, 1.165) is 5.56 Å². The van der Waals surface area contributed by atoms with Crippen LogP contribution in [0.15, 0.2) is 48.5 Å². The normalized spacial score (nSPS) is 10.4. The van der Waals surface area contributed by atoms with Crippen LogP contribution in [0.25, 0.3) is 0 Å². The molecule has 0 aliphatic carbocycles. The number of halogens is 1. The van der Waals surface area contributed by atoms with Crippen molar-refractivity contribution in [2.45, 2.75) is 26.2 Å². The standard InChI is InChI=1S/C18H19FN2O2/c1-12(2)13-7-3-5-9-15(13)20-17(22)11-18(23)21-16-10-6-4-8-14(16)19/h3-10,12H,11H2,1-2H3,(H,20,22)(H,21,23). The summed E-state index contributed by atoms with van der Waals surface area (Å²) in [5.41, 5.74) is 1.74. The van der Waals surface area contributed by atoms with Crippen LogP contribution in [0.1, 0.15) is 31.7 Å². The molecule has 2 amide bonds. The summed E-state index contributed by atoms with van der Waals surface area (Å²) in [6.45, 7) is 4.05. The van der Waals surface area contributed by atoms with Crippen LogP contribution in [0.3, 0.4) is 0 Å². The first-order chi connectivity index (χ1) is 11.0. The molecule has 0 heterocycles. The summed E-state index contributed by atoms with van der Waals surface area (Å²) in [7, 11) is 0. The highest BCUT2D eigenvalue weighted by Crippen LogP contribution is 2.23. The molecule has 2 aromatic rings. The quantitative estimate of drug-likeness (QED) is 0.822. The van der Waals surface area contributed by atoms with Crippen molar-refractivity contribution in [3.63, 3.8) is 0 Å². The van der Waals surface area contributed by atoms with Crippen LogP contribution in [-0.2, 0) is 9.59 Å². The fourth-order valence-electron chi connectivity index (χ4n) is 2.21. The maximum Gasteiger partial charge on any atom is 0.233 e.